The van der Waals surface area contributed by atoms with E-state index in [1.54, 1.807) is 24.0 Å². The maximum Gasteiger partial charge on any atom is 0.318 e. The van der Waals surface area contributed by atoms with Crippen molar-refractivity contribution in [2.75, 3.05) is 13.1 Å². The molecule has 0 aliphatic carbocycles. The number of halogens is 1. The van der Waals surface area contributed by atoms with Crippen LogP contribution in [-0.2, 0) is 0 Å². The molecule has 1 aliphatic heterocycles. The molecular weight excluding hydrogens is 245 g/mol. The lowest BCUT2D eigenvalue weighted by Gasteiger charge is -2.33. The van der Waals surface area contributed by atoms with Gasteiger partial charge in [-0.1, -0.05) is 12.1 Å². The van der Waals surface area contributed by atoms with Crippen LogP contribution in [0, 0.1) is 12.7 Å². The van der Waals surface area contributed by atoms with E-state index < -0.39 is 0 Å². The van der Waals surface area contributed by atoms with Crippen LogP contribution in [-0.4, -0.2) is 29.6 Å². The third-order valence-corrected chi connectivity index (χ3v) is 3.72. The van der Waals surface area contributed by atoms with E-state index in [-0.39, 0.29) is 23.4 Å². The Balaban J connectivity index is 2.21. The highest BCUT2D eigenvalue weighted by molar-refractivity contribution is 5.78. The topological polar surface area (TPSA) is 58.4 Å². The van der Waals surface area contributed by atoms with Gasteiger partial charge < -0.3 is 16.0 Å². The summed E-state index contributed by atoms with van der Waals surface area (Å²) in [6.45, 7) is 6.54. The summed E-state index contributed by atoms with van der Waals surface area (Å²) < 4.78 is 13.3. The smallest absolute Gasteiger partial charge is 0.318 e. The SMILES string of the molecule is Cc1cc(C2CN(C(C)(C)CN)C(=O)N2)ccc1F. The first kappa shape index (κ1) is 13.8. The zero-order valence-electron chi connectivity index (χ0n) is 11.5. The minimum Gasteiger partial charge on any atom is -0.329 e. The highest BCUT2D eigenvalue weighted by Gasteiger charge is 2.38. The van der Waals surface area contributed by atoms with E-state index >= 15 is 0 Å². The van der Waals surface area contributed by atoms with Crippen molar-refractivity contribution in [2.24, 2.45) is 5.73 Å². The number of nitrogens with one attached hydrogen (secondary N) is 1. The Labute approximate surface area is 112 Å². The van der Waals surface area contributed by atoms with E-state index in [9.17, 15) is 9.18 Å². The first-order chi connectivity index (χ1) is 8.85. The third-order valence-electron chi connectivity index (χ3n) is 3.72. The highest BCUT2D eigenvalue weighted by atomic mass is 19.1. The van der Waals surface area contributed by atoms with Gasteiger partial charge in [0.05, 0.1) is 11.6 Å². The number of urea groups is 1. The van der Waals surface area contributed by atoms with Gasteiger partial charge in [0.2, 0.25) is 0 Å². The monoisotopic (exact) mass is 265 g/mol. The molecule has 2 rings (SSSR count). The van der Waals surface area contributed by atoms with Crippen LogP contribution in [0.2, 0.25) is 0 Å². The zero-order valence-corrected chi connectivity index (χ0v) is 11.5. The molecule has 1 unspecified atom stereocenters. The second-order valence-electron chi connectivity index (χ2n) is 5.64. The molecule has 1 fully saturated rings. The van der Waals surface area contributed by atoms with Crippen molar-refractivity contribution < 1.29 is 9.18 Å². The average Bonchev–Trinajstić information content (AvgIpc) is 2.75. The number of aryl methyl sites for hydroxylation is 1. The normalized spacial score (nSPS) is 19.7. The lowest BCUT2D eigenvalue weighted by Crippen LogP contribution is -2.50. The van der Waals surface area contributed by atoms with Gasteiger partial charge in [0.25, 0.3) is 0 Å². The number of nitrogens with two attached hydrogens (primary N) is 1. The lowest BCUT2D eigenvalue weighted by molar-refractivity contribution is 0.163. The molecular formula is C14H20FN3O. The molecule has 1 aromatic carbocycles. The minimum absolute atomic E-state index is 0.113. The second kappa shape index (κ2) is 4.81. The average molecular weight is 265 g/mol. The van der Waals surface area contributed by atoms with Gasteiger partial charge in [0.15, 0.2) is 0 Å². The van der Waals surface area contributed by atoms with Crippen LogP contribution in [0.5, 0.6) is 0 Å². The number of amides is 2. The van der Waals surface area contributed by atoms with Crippen LogP contribution < -0.4 is 11.1 Å². The molecule has 1 atom stereocenters. The number of benzene rings is 1. The van der Waals surface area contributed by atoms with Gasteiger partial charge in [-0.05, 0) is 38.0 Å². The lowest BCUT2D eigenvalue weighted by atomic mass is 10.0. The van der Waals surface area contributed by atoms with Crippen LogP contribution in [0.3, 0.4) is 0 Å². The van der Waals surface area contributed by atoms with Gasteiger partial charge in [-0.3, -0.25) is 0 Å². The van der Waals surface area contributed by atoms with Crippen molar-refractivity contribution >= 4 is 6.03 Å². The molecule has 0 aromatic heterocycles. The van der Waals surface area contributed by atoms with Crippen molar-refractivity contribution in [1.29, 1.82) is 0 Å². The Morgan fingerprint density at radius 2 is 2.21 bits per heavy atom. The number of hydrogen-bond donors (Lipinski definition) is 2. The fraction of sp³-hybridized carbons (Fsp3) is 0.500. The predicted octanol–water partition coefficient (Wildman–Crippen LogP) is 1.94. The Kier molecular flexibility index (Phi) is 3.49. The van der Waals surface area contributed by atoms with E-state index in [0.717, 1.165) is 5.56 Å². The summed E-state index contributed by atoms with van der Waals surface area (Å²) in [4.78, 5) is 13.7. The summed E-state index contributed by atoms with van der Waals surface area (Å²) in [5.41, 5.74) is 6.83. The summed E-state index contributed by atoms with van der Waals surface area (Å²) >= 11 is 0. The van der Waals surface area contributed by atoms with E-state index in [4.69, 9.17) is 5.73 Å². The van der Waals surface area contributed by atoms with Crippen LogP contribution in [0.15, 0.2) is 18.2 Å². The number of carbonyl (C=O) groups is 1. The van der Waals surface area contributed by atoms with Crippen molar-refractivity contribution in [2.45, 2.75) is 32.4 Å². The fourth-order valence-electron chi connectivity index (χ4n) is 2.24. The number of rotatable bonds is 3. The van der Waals surface area contributed by atoms with Crippen molar-refractivity contribution in [1.82, 2.24) is 10.2 Å². The van der Waals surface area contributed by atoms with Crippen LogP contribution in [0.1, 0.15) is 31.0 Å². The maximum atomic E-state index is 13.3. The van der Waals surface area contributed by atoms with Gasteiger partial charge >= 0.3 is 6.03 Å². The summed E-state index contributed by atoms with van der Waals surface area (Å²) in [5.74, 6) is -0.229. The van der Waals surface area contributed by atoms with E-state index in [0.29, 0.717) is 18.7 Å². The van der Waals surface area contributed by atoms with Gasteiger partial charge in [0.1, 0.15) is 5.82 Å². The Morgan fingerprint density at radius 3 is 2.79 bits per heavy atom. The van der Waals surface area contributed by atoms with Crippen LogP contribution in [0.4, 0.5) is 9.18 Å². The van der Waals surface area contributed by atoms with Gasteiger partial charge in [0, 0.05) is 13.1 Å². The van der Waals surface area contributed by atoms with Gasteiger partial charge in [-0.15, -0.1) is 0 Å². The number of nitrogens with zero attached hydrogens (tertiary/aromatic N) is 1. The molecule has 1 heterocycles. The van der Waals surface area contributed by atoms with Gasteiger partial charge in [-0.25, -0.2) is 9.18 Å². The third kappa shape index (κ3) is 2.56. The summed E-state index contributed by atoms with van der Waals surface area (Å²) in [6, 6.07) is 4.69. The molecule has 5 heteroatoms. The summed E-state index contributed by atoms with van der Waals surface area (Å²) in [6.07, 6.45) is 0. The Bertz CT molecular complexity index is 501. The highest BCUT2D eigenvalue weighted by Crippen LogP contribution is 2.26. The second-order valence-corrected chi connectivity index (χ2v) is 5.64. The van der Waals surface area contributed by atoms with E-state index in [1.165, 1.54) is 6.07 Å². The Hall–Kier alpha value is -1.62. The fourth-order valence-corrected chi connectivity index (χ4v) is 2.24. The quantitative estimate of drug-likeness (QED) is 0.877. The number of carbonyl (C=O) groups excluding carboxylic acids is 1. The maximum absolute atomic E-state index is 13.3. The summed E-state index contributed by atoms with van der Waals surface area (Å²) in [7, 11) is 0. The molecule has 19 heavy (non-hydrogen) atoms. The van der Waals surface area contributed by atoms with E-state index in [1.807, 2.05) is 13.8 Å². The van der Waals surface area contributed by atoms with Crippen LogP contribution >= 0.6 is 0 Å². The molecule has 3 N–H and O–H groups in total. The molecule has 0 radical (unpaired) electrons. The molecule has 0 bridgehead atoms. The van der Waals surface area contributed by atoms with E-state index in [2.05, 4.69) is 5.32 Å². The molecule has 4 nitrogen and oxygen atoms in total. The predicted molar refractivity (Wildman–Crippen MR) is 72.2 cm³/mol. The standard InChI is InChI=1S/C14H20FN3O/c1-9-6-10(4-5-11(9)15)12-7-18(13(19)17-12)14(2,3)8-16/h4-6,12H,7-8,16H2,1-3H3,(H,17,19). The van der Waals surface area contributed by atoms with Gasteiger partial charge in [-0.2, -0.15) is 0 Å². The molecule has 1 aliphatic rings. The van der Waals surface area contributed by atoms with Crippen molar-refractivity contribution in [3.8, 4) is 0 Å². The molecule has 104 valence electrons. The molecule has 2 amide bonds. The first-order valence-electron chi connectivity index (χ1n) is 6.39. The van der Waals surface area contributed by atoms with Crippen molar-refractivity contribution in [3.05, 3.63) is 35.1 Å². The summed E-state index contributed by atoms with van der Waals surface area (Å²) in [5, 5.41) is 2.92. The first-order valence-corrected chi connectivity index (χ1v) is 6.39. The molecule has 1 aromatic rings. The molecule has 1 saturated heterocycles. The zero-order chi connectivity index (χ0) is 14.2. The van der Waals surface area contributed by atoms with Crippen LogP contribution in [0.25, 0.3) is 0 Å². The molecule has 0 saturated carbocycles. The number of hydrogen-bond acceptors (Lipinski definition) is 2. The Morgan fingerprint density at radius 1 is 1.53 bits per heavy atom. The minimum atomic E-state index is -0.381. The molecule has 0 spiro atoms. The largest absolute Gasteiger partial charge is 0.329 e. The van der Waals surface area contributed by atoms with Crippen molar-refractivity contribution in [3.63, 3.8) is 0 Å².